The number of carbonyl (C=O) groups excluding carboxylic acids is 4. The maximum atomic E-state index is 11.3. The average Bonchev–Trinajstić information content (AvgIpc) is 2.68. The number of hydrazone groups is 2. The molecule has 0 radical (unpaired) electrons. The first-order chi connectivity index (χ1) is 13.1. The normalized spacial score (nSPS) is 11.4. The summed E-state index contributed by atoms with van der Waals surface area (Å²) < 4.78 is 0. The van der Waals surface area contributed by atoms with Gasteiger partial charge in [-0.25, -0.2) is 22.5 Å². The van der Waals surface area contributed by atoms with Crippen LogP contribution in [0.25, 0.3) is 0 Å². The molecule has 4 amide bonds. The van der Waals surface area contributed by atoms with Gasteiger partial charge in [-0.1, -0.05) is 0 Å². The first-order valence-electron chi connectivity index (χ1n) is 7.39. The molecule has 14 nitrogen and oxygen atoms in total. The molecule has 1 aromatic rings. The van der Waals surface area contributed by atoms with Gasteiger partial charge in [0.1, 0.15) is 11.5 Å². The highest BCUT2D eigenvalue weighted by atomic mass is 16.3. The van der Waals surface area contributed by atoms with Crippen LogP contribution in [0.5, 0.6) is 11.5 Å². The van der Waals surface area contributed by atoms with Crippen LogP contribution in [0.3, 0.4) is 0 Å². The Kier molecular flexibility index (Phi) is 7.54. The number of phenolic OH excluding ortho intramolecular Hbond substituents is 2. The fraction of sp³-hybridized carbons (Fsp3) is 0.143. The quantitative estimate of drug-likeness (QED) is 0.0847. The molecule has 0 heterocycles. The maximum absolute atomic E-state index is 11.3. The third kappa shape index (κ3) is 5.48. The number of aromatic hydroxyl groups is 2. The van der Waals surface area contributed by atoms with E-state index in [1.165, 1.54) is 19.9 Å². The van der Waals surface area contributed by atoms with Crippen molar-refractivity contribution in [3.8, 4) is 11.5 Å². The summed E-state index contributed by atoms with van der Waals surface area (Å²) in [7, 11) is 0. The first-order valence-corrected chi connectivity index (χ1v) is 7.39. The summed E-state index contributed by atoms with van der Waals surface area (Å²) in [6, 6.07) is 2.23. The van der Waals surface area contributed by atoms with Gasteiger partial charge in [0.05, 0.1) is 11.4 Å². The third-order valence-corrected chi connectivity index (χ3v) is 3.22. The van der Waals surface area contributed by atoms with E-state index >= 15 is 0 Å². The van der Waals surface area contributed by atoms with E-state index in [1.807, 2.05) is 10.9 Å². The van der Waals surface area contributed by atoms with Gasteiger partial charge in [-0.05, 0) is 19.9 Å². The summed E-state index contributed by atoms with van der Waals surface area (Å²) in [5.74, 6) is 4.30. The maximum Gasteiger partial charge on any atom is 0.330 e. The van der Waals surface area contributed by atoms with E-state index in [-0.39, 0.29) is 34.0 Å². The predicted octanol–water partition coefficient (Wildman–Crippen LogP) is -3.24. The molecule has 0 aliphatic carbocycles. The lowest BCUT2D eigenvalue weighted by atomic mass is 10.0. The largest absolute Gasteiger partial charge is 0.507 e. The summed E-state index contributed by atoms with van der Waals surface area (Å²) >= 11 is 0. The van der Waals surface area contributed by atoms with E-state index in [1.54, 1.807) is 10.9 Å². The lowest BCUT2D eigenvalue weighted by molar-refractivity contribution is -0.139. The van der Waals surface area contributed by atoms with Crippen molar-refractivity contribution >= 4 is 35.1 Å². The number of rotatable bonds is 4. The lowest BCUT2D eigenvalue weighted by Gasteiger charge is -2.10. The van der Waals surface area contributed by atoms with Crippen LogP contribution in [0.15, 0.2) is 22.3 Å². The van der Waals surface area contributed by atoms with Gasteiger partial charge in [-0.15, -0.1) is 0 Å². The van der Waals surface area contributed by atoms with Gasteiger partial charge in [0.2, 0.25) is 0 Å². The highest BCUT2D eigenvalue weighted by Crippen LogP contribution is 2.28. The van der Waals surface area contributed by atoms with Gasteiger partial charge in [0.25, 0.3) is 0 Å². The molecule has 28 heavy (non-hydrogen) atoms. The van der Waals surface area contributed by atoms with Crippen LogP contribution in [0, 0.1) is 0 Å². The Morgan fingerprint density at radius 1 is 0.750 bits per heavy atom. The fourth-order valence-corrected chi connectivity index (χ4v) is 1.78. The Morgan fingerprint density at radius 2 is 1.11 bits per heavy atom. The van der Waals surface area contributed by atoms with Crippen molar-refractivity contribution in [3.05, 3.63) is 23.3 Å². The van der Waals surface area contributed by atoms with Gasteiger partial charge < -0.3 is 10.2 Å². The number of nitrogens with two attached hydrogens (primary N) is 2. The Balaban J connectivity index is 3.15. The number of hydrogen-bond donors (Lipinski definition) is 8. The van der Waals surface area contributed by atoms with E-state index in [4.69, 9.17) is 11.7 Å². The second-order valence-corrected chi connectivity index (χ2v) is 5.11. The number of hydrogen-bond acceptors (Lipinski definition) is 10. The van der Waals surface area contributed by atoms with Gasteiger partial charge in [-0.2, -0.15) is 10.2 Å². The zero-order valence-corrected chi connectivity index (χ0v) is 14.7. The number of nitrogens with one attached hydrogen (secondary N) is 4. The van der Waals surface area contributed by atoms with Crippen LogP contribution in [-0.4, -0.2) is 45.3 Å². The summed E-state index contributed by atoms with van der Waals surface area (Å²) in [6.45, 7) is 2.80. The minimum absolute atomic E-state index is 0.0660. The van der Waals surface area contributed by atoms with Crippen LogP contribution in [0.1, 0.15) is 25.0 Å². The molecule has 0 spiro atoms. The summed E-state index contributed by atoms with van der Waals surface area (Å²) in [5, 5.41) is 27.3. The highest BCUT2D eigenvalue weighted by molar-refractivity contribution is 6.35. The lowest BCUT2D eigenvalue weighted by Crippen LogP contribution is -2.41. The minimum atomic E-state index is -1.14. The van der Waals surface area contributed by atoms with Crippen LogP contribution >= 0.6 is 0 Å². The molecule has 0 aromatic heterocycles. The topological polar surface area (TPSA) is 234 Å². The molecule has 10 N–H and O–H groups in total. The Labute approximate surface area is 157 Å². The van der Waals surface area contributed by atoms with Crippen molar-refractivity contribution in [2.24, 2.45) is 21.9 Å². The van der Waals surface area contributed by atoms with Gasteiger partial charge in [0, 0.05) is 17.2 Å². The minimum Gasteiger partial charge on any atom is -0.507 e. The molecule has 0 fully saturated rings. The molecule has 0 bridgehead atoms. The monoisotopic (exact) mass is 394 g/mol. The molecular formula is C14H18N8O6. The molecule has 150 valence electrons. The number of phenols is 2. The Bertz CT molecular complexity index is 812. The summed E-state index contributed by atoms with van der Waals surface area (Å²) in [4.78, 5) is 44.7. The van der Waals surface area contributed by atoms with Gasteiger partial charge in [0.15, 0.2) is 0 Å². The summed E-state index contributed by atoms with van der Waals surface area (Å²) in [5.41, 5.74) is 7.35. The standard InChI is InChI=1S/C14H18N8O6/c1-5(19-21-13(27)11(25)17-15)7-3-8(10(24)4-9(7)23)6(2)20-22-14(28)12(26)18-16/h3-4,23-24H,15-16H2,1-2H3,(H,17,25)(H,18,26)(H,21,27)(H,22,28)/b19-5+,20-6+. The Morgan fingerprint density at radius 3 is 1.43 bits per heavy atom. The zero-order chi connectivity index (χ0) is 21.4. The molecule has 14 heteroatoms. The fourth-order valence-electron chi connectivity index (χ4n) is 1.78. The second-order valence-electron chi connectivity index (χ2n) is 5.11. The molecule has 1 aromatic carbocycles. The summed E-state index contributed by atoms with van der Waals surface area (Å²) in [6.07, 6.45) is 0. The molecule has 0 unspecified atom stereocenters. The molecule has 0 saturated carbocycles. The van der Waals surface area contributed by atoms with Crippen molar-refractivity contribution in [3.63, 3.8) is 0 Å². The molecule has 0 saturated heterocycles. The molecule has 1 rings (SSSR count). The molecule has 0 aliphatic rings. The van der Waals surface area contributed by atoms with Crippen LogP contribution in [0.4, 0.5) is 0 Å². The van der Waals surface area contributed by atoms with E-state index in [2.05, 4.69) is 10.2 Å². The second kappa shape index (κ2) is 9.60. The van der Waals surface area contributed by atoms with E-state index < -0.39 is 23.6 Å². The zero-order valence-electron chi connectivity index (χ0n) is 14.7. The molecule has 0 aliphatic heterocycles. The van der Waals surface area contributed by atoms with Crippen molar-refractivity contribution < 1.29 is 29.4 Å². The highest BCUT2D eigenvalue weighted by Gasteiger charge is 2.16. The SMILES string of the molecule is C/C(=N\NC(=O)C(=O)NN)c1cc(/C(C)=N/NC(=O)C(=O)NN)c(O)cc1O. The molecular weight excluding hydrogens is 376 g/mol. The van der Waals surface area contributed by atoms with Crippen molar-refractivity contribution in [2.75, 3.05) is 0 Å². The van der Waals surface area contributed by atoms with E-state index in [9.17, 15) is 29.4 Å². The number of hydrazine groups is 2. The third-order valence-electron chi connectivity index (χ3n) is 3.22. The number of amides is 4. The van der Waals surface area contributed by atoms with Gasteiger partial charge in [-0.3, -0.25) is 30.0 Å². The molecule has 0 atom stereocenters. The Hall–Kier alpha value is -4.04. The van der Waals surface area contributed by atoms with E-state index in [0.29, 0.717) is 0 Å². The number of nitrogens with zero attached hydrogens (tertiary/aromatic N) is 2. The van der Waals surface area contributed by atoms with Crippen LogP contribution in [-0.2, 0) is 19.2 Å². The number of carbonyl (C=O) groups is 4. The van der Waals surface area contributed by atoms with Crippen molar-refractivity contribution in [1.29, 1.82) is 0 Å². The van der Waals surface area contributed by atoms with Crippen LogP contribution < -0.4 is 33.4 Å². The van der Waals surface area contributed by atoms with Crippen molar-refractivity contribution in [2.45, 2.75) is 13.8 Å². The first kappa shape index (κ1) is 22.0. The van der Waals surface area contributed by atoms with E-state index in [0.717, 1.165) is 6.07 Å². The number of benzene rings is 1. The predicted molar refractivity (Wildman–Crippen MR) is 95.1 cm³/mol. The van der Waals surface area contributed by atoms with Gasteiger partial charge >= 0.3 is 23.6 Å². The average molecular weight is 394 g/mol. The van der Waals surface area contributed by atoms with Crippen LogP contribution in [0.2, 0.25) is 0 Å². The van der Waals surface area contributed by atoms with Crippen molar-refractivity contribution in [1.82, 2.24) is 21.7 Å². The smallest absolute Gasteiger partial charge is 0.330 e.